The number of aromatic amines is 1. The molecule has 0 spiro atoms. The van der Waals surface area contributed by atoms with Gasteiger partial charge in [-0.3, -0.25) is 0 Å². The van der Waals surface area contributed by atoms with Crippen molar-refractivity contribution in [3.8, 4) is 6.07 Å². The maximum atomic E-state index is 13.9. The van der Waals surface area contributed by atoms with Crippen molar-refractivity contribution in [3.05, 3.63) is 94.9 Å². The SMILES string of the molecule is N#Cc1ccc2c(c1)CN(S(=O)(=O)C1CC=CS1)[C@H](Cc1ccccc1)CN2Cc1cnc[nH]1. The van der Waals surface area contributed by atoms with Gasteiger partial charge in [-0.2, -0.15) is 9.57 Å². The number of nitrogens with zero attached hydrogens (tertiary/aromatic N) is 4. The molecule has 174 valence electrons. The van der Waals surface area contributed by atoms with E-state index in [1.165, 1.54) is 11.8 Å². The molecule has 1 N–H and O–H groups in total. The van der Waals surface area contributed by atoms with E-state index in [0.717, 1.165) is 22.5 Å². The molecule has 0 aliphatic carbocycles. The molecule has 0 amide bonds. The molecule has 34 heavy (non-hydrogen) atoms. The van der Waals surface area contributed by atoms with Gasteiger partial charge >= 0.3 is 0 Å². The number of allylic oxidation sites excluding steroid dienone is 1. The van der Waals surface area contributed by atoms with Crippen molar-refractivity contribution in [1.82, 2.24) is 14.3 Å². The second-order valence-corrected chi connectivity index (χ2v) is 12.0. The minimum atomic E-state index is -3.60. The first-order valence-electron chi connectivity index (χ1n) is 11.1. The Labute approximate surface area is 204 Å². The molecule has 3 heterocycles. The van der Waals surface area contributed by atoms with E-state index in [2.05, 4.69) is 20.9 Å². The third-order valence-electron chi connectivity index (χ3n) is 6.26. The minimum absolute atomic E-state index is 0.237. The van der Waals surface area contributed by atoms with Crippen LogP contribution in [-0.2, 0) is 29.5 Å². The normalized spacial score (nSPS) is 20.6. The number of aromatic nitrogens is 2. The highest BCUT2D eigenvalue weighted by Gasteiger charge is 2.40. The number of fused-ring (bicyclic) bond motifs is 1. The molecule has 2 aromatic carbocycles. The van der Waals surface area contributed by atoms with E-state index in [1.54, 1.807) is 22.9 Å². The van der Waals surface area contributed by atoms with Crippen LogP contribution in [0, 0.1) is 11.3 Å². The summed E-state index contributed by atoms with van der Waals surface area (Å²) in [6, 6.07) is 17.5. The van der Waals surface area contributed by atoms with Gasteiger partial charge in [-0.15, -0.1) is 11.8 Å². The van der Waals surface area contributed by atoms with Crippen LogP contribution in [0.5, 0.6) is 0 Å². The number of thioether (sulfide) groups is 1. The van der Waals surface area contributed by atoms with Crippen molar-refractivity contribution in [3.63, 3.8) is 0 Å². The fourth-order valence-electron chi connectivity index (χ4n) is 4.62. The molecule has 2 atom stereocenters. The number of hydrogen-bond acceptors (Lipinski definition) is 6. The van der Waals surface area contributed by atoms with Gasteiger partial charge < -0.3 is 9.88 Å². The van der Waals surface area contributed by atoms with E-state index in [0.29, 0.717) is 31.5 Å². The molecular formula is C25H25N5O2S2. The van der Waals surface area contributed by atoms with Gasteiger partial charge in [-0.05, 0) is 47.6 Å². The molecule has 0 saturated carbocycles. The lowest BCUT2D eigenvalue weighted by Crippen LogP contribution is -2.48. The fourth-order valence-corrected chi connectivity index (χ4v) is 7.85. The number of rotatable bonds is 6. The van der Waals surface area contributed by atoms with Gasteiger partial charge in [-0.1, -0.05) is 36.4 Å². The number of hydrogen-bond donors (Lipinski definition) is 1. The van der Waals surface area contributed by atoms with Crippen LogP contribution >= 0.6 is 11.8 Å². The zero-order chi connectivity index (χ0) is 23.5. The maximum absolute atomic E-state index is 13.9. The van der Waals surface area contributed by atoms with Crippen LogP contribution in [0.3, 0.4) is 0 Å². The molecule has 2 aliphatic heterocycles. The summed E-state index contributed by atoms with van der Waals surface area (Å²) in [7, 11) is -3.60. The zero-order valence-corrected chi connectivity index (χ0v) is 20.2. The number of imidazole rings is 1. The molecule has 7 nitrogen and oxygen atoms in total. The Morgan fingerprint density at radius 3 is 2.76 bits per heavy atom. The maximum Gasteiger partial charge on any atom is 0.227 e. The van der Waals surface area contributed by atoms with Crippen molar-refractivity contribution in [2.45, 2.75) is 36.6 Å². The van der Waals surface area contributed by atoms with Gasteiger partial charge in [0.1, 0.15) is 4.58 Å². The van der Waals surface area contributed by atoms with Crippen molar-refractivity contribution < 1.29 is 8.42 Å². The summed E-state index contributed by atoms with van der Waals surface area (Å²) in [6.45, 7) is 1.33. The average Bonchev–Trinajstić information content (AvgIpc) is 3.55. The molecule has 0 fully saturated rings. The van der Waals surface area contributed by atoms with Gasteiger partial charge in [0.2, 0.25) is 10.0 Å². The minimum Gasteiger partial charge on any atom is -0.364 e. The Balaban J connectivity index is 1.59. The van der Waals surface area contributed by atoms with Crippen molar-refractivity contribution in [2.75, 3.05) is 11.4 Å². The van der Waals surface area contributed by atoms with Gasteiger partial charge in [0, 0.05) is 31.0 Å². The first-order chi connectivity index (χ1) is 16.5. The first-order valence-corrected chi connectivity index (χ1v) is 13.6. The molecule has 2 aliphatic rings. The van der Waals surface area contributed by atoms with Gasteiger partial charge in [-0.25, -0.2) is 13.4 Å². The third-order valence-corrected chi connectivity index (χ3v) is 10.1. The highest BCUT2D eigenvalue weighted by Crippen LogP contribution is 2.37. The molecular weight excluding hydrogens is 466 g/mol. The Morgan fingerprint density at radius 2 is 2.06 bits per heavy atom. The number of nitrogens with one attached hydrogen (secondary N) is 1. The first kappa shape index (κ1) is 22.7. The van der Waals surface area contributed by atoms with Crippen LogP contribution in [0.4, 0.5) is 5.69 Å². The summed E-state index contributed by atoms with van der Waals surface area (Å²) in [6.07, 6.45) is 6.46. The van der Waals surface area contributed by atoms with Crippen LogP contribution in [0.25, 0.3) is 0 Å². The smallest absolute Gasteiger partial charge is 0.227 e. The number of nitriles is 1. The predicted molar refractivity (Wildman–Crippen MR) is 134 cm³/mol. The van der Waals surface area contributed by atoms with E-state index in [1.807, 2.05) is 53.9 Å². The molecule has 1 aromatic heterocycles. The third kappa shape index (κ3) is 4.62. The van der Waals surface area contributed by atoms with Crippen LogP contribution in [0.2, 0.25) is 0 Å². The summed E-state index contributed by atoms with van der Waals surface area (Å²) in [5.74, 6) is 0. The van der Waals surface area contributed by atoms with E-state index in [-0.39, 0.29) is 12.6 Å². The molecule has 3 aromatic rings. The van der Waals surface area contributed by atoms with Crippen molar-refractivity contribution >= 4 is 27.5 Å². The Hall–Kier alpha value is -3.06. The predicted octanol–water partition coefficient (Wildman–Crippen LogP) is 4.02. The summed E-state index contributed by atoms with van der Waals surface area (Å²) in [5, 5.41) is 11.4. The fraction of sp³-hybridized carbons (Fsp3) is 0.280. The summed E-state index contributed by atoms with van der Waals surface area (Å²) in [4.78, 5) is 9.51. The number of benzene rings is 2. The molecule has 1 unspecified atom stereocenters. The lowest BCUT2D eigenvalue weighted by molar-refractivity contribution is 0.317. The van der Waals surface area contributed by atoms with Crippen LogP contribution in [0.15, 0.2) is 72.5 Å². The van der Waals surface area contributed by atoms with E-state index in [4.69, 9.17) is 0 Å². The van der Waals surface area contributed by atoms with Gasteiger partial charge in [0.15, 0.2) is 0 Å². The lowest BCUT2D eigenvalue weighted by Gasteiger charge is -2.33. The quantitative estimate of drug-likeness (QED) is 0.560. The Bertz CT molecular complexity index is 1310. The van der Waals surface area contributed by atoms with Crippen LogP contribution in [0.1, 0.15) is 28.8 Å². The number of H-pyrrole nitrogens is 1. The van der Waals surface area contributed by atoms with E-state index in [9.17, 15) is 13.7 Å². The summed E-state index contributed by atoms with van der Waals surface area (Å²) >= 11 is 1.36. The lowest BCUT2D eigenvalue weighted by atomic mass is 10.1. The van der Waals surface area contributed by atoms with Gasteiger partial charge in [0.25, 0.3) is 0 Å². The van der Waals surface area contributed by atoms with Crippen molar-refractivity contribution in [1.29, 1.82) is 5.26 Å². The largest absolute Gasteiger partial charge is 0.364 e. The van der Waals surface area contributed by atoms with E-state index >= 15 is 0 Å². The molecule has 0 bridgehead atoms. The van der Waals surface area contributed by atoms with Crippen LogP contribution < -0.4 is 4.90 Å². The standard InChI is InChI=1S/C25H25N5O2S2/c26-13-20-8-9-24-21(11-20)15-30(34(31,32)25-7-4-10-33-25)23(12-19-5-2-1-3-6-19)17-29(24)16-22-14-27-18-28-22/h1-6,8-11,14,18,23,25H,7,12,15-17H2,(H,27,28)/t23-,25?/m1/s1. The highest BCUT2D eigenvalue weighted by atomic mass is 32.3. The van der Waals surface area contributed by atoms with E-state index < -0.39 is 14.6 Å². The highest BCUT2D eigenvalue weighted by molar-refractivity contribution is 8.14. The summed E-state index contributed by atoms with van der Waals surface area (Å²) in [5.41, 5.74) is 4.35. The van der Waals surface area contributed by atoms with Crippen molar-refractivity contribution in [2.24, 2.45) is 0 Å². The topological polar surface area (TPSA) is 93.1 Å². The molecule has 5 rings (SSSR count). The number of sulfonamides is 1. The number of anilines is 1. The monoisotopic (exact) mass is 491 g/mol. The second-order valence-electron chi connectivity index (χ2n) is 8.52. The molecule has 9 heteroatoms. The molecule has 0 radical (unpaired) electrons. The second kappa shape index (κ2) is 9.66. The zero-order valence-electron chi connectivity index (χ0n) is 18.5. The summed E-state index contributed by atoms with van der Waals surface area (Å²) < 4.78 is 28.9. The Morgan fingerprint density at radius 1 is 1.21 bits per heavy atom. The van der Waals surface area contributed by atoms with Crippen LogP contribution in [-0.4, -0.2) is 39.9 Å². The molecule has 0 saturated heterocycles. The van der Waals surface area contributed by atoms with Gasteiger partial charge in [0.05, 0.1) is 30.2 Å². The Kier molecular flexibility index (Phi) is 6.46. The average molecular weight is 492 g/mol.